The van der Waals surface area contributed by atoms with E-state index in [0.29, 0.717) is 5.69 Å². The molecule has 1 amide bonds. The molecule has 0 atom stereocenters. The van der Waals surface area contributed by atoms with Gasteiger partial charge >= 0.3 is 0 Å². The number of anilines is 1. The zero-order chi connectivity index (χ0) is 24.1. The Morgan fingerprint density at radius 2 is 1.94 bits per heavy atom. The number of pyridine rings is 1. The van der Waals surface area contributed by atoms with Crippen molar-refractivity contribution in [1.29, 1.82) is 0 Å². The lowest BCUT2D eigenvalue weighted by Crippen LogP contribution is -2.37. The largest absolute Gasteiger partial charge is 0.397 e. The number of halogens is 2. The number of nitrogens with zero attached hydrogens (tertiary/aromatic N) is 2. The maximum Gasteiger partial charge on any atom is 0.272 e. The zero-order valence-corrected chi connectivity index (χ0v) is 19.3. The van der Waals surface area contributed by atoms with E-state index in [2.05, 4.69) is 10.5 Å². The van der Waals surface area contributed by atoms with E-state index in [1.54, 1.807) is 0 Å². The van der Waals surface area contributed by atoms with Gasteiger partial charge in [-0.1, -0.05) is 23.2 Å². The molecule has 174 valence electrons. The van der Waals surface area contributed by atoms with Crippen LogP contribution in [0.5, 0.6) is 0 Å². The molecule has 0 aliphatic carbocycles. The number of benzene rings is 1. The van der Waals surface area contributed by atoms with Crippen molar-refractivity contribution >= 4 is 50.6 Å². The van der Waals surface area contributed by atoms with Crippen molar-refractivity contribution in [1.82, 2.24) is 9.88 Å². The van der Waals surface area contributed by atoms with E-state index in [9.17, 15) is 18.0 Å². The average molecular weight is 505 g/mol. The summed E-state index contributed by atoms with van der Waals surface area (Å²) in [5, 5.41) is 6.25. The molecule has 11 nitrogen and oxygen atoms in total. The van der Waals surface area contributed by atoms with Crippen LogP contribution in [0.25, 0.3) is 0 Å². The first-order valence-corrected chi connectivity index (χ1v) is 11.5. The van der Waals surface area contributed by atoms with E-state index in [0.717, 1.165) is 4.57 Å². The molecule has 0 fully saturated rings. The van der Waals surface area contributed by atoms with Crippen LogP contribution in [0, 0.1) is 6.92 Å². The number of nitrogens with one attached hydrogen (secondary N) is 1. The van der Waals surface area contributed by atoms with E-state index in [1.807, 2.05) is 0 Å². The molecule has 2 rings (SSSR count). The minimum atomic E-state index is -4.21. The Balaban J connectivity index is 2.27. The molecule has 32 heavy (non-hydrogen) atoms. The molecule has 1 aromatic carbocycles. The first-order chi connectivity index (χ1) is 14.9. The Bertz CT molecular complexity index is 1210. The summed E-state index contributed by atoms with van der Waals surface area (Å²) in [5.41, 5.74) is 15.4. The number of amides is 1. The van der Waals surface area contributed by atoms with Crippen molar-refractivity contribution in [2.75, 3.05) is 18.9 Å². The Labute approximate surface area is 194 Å². The second kappa shape index (κ2) is 10.6. The summed E-state index contributed by atoms with van der Waals surface area (Å²) >= 11 is 12.0. The van der Waals surface area contributed by atoms with Crippen LogP contribution in [0.3, 0.4) is 0 Å². The molecule has 1 aromatic heterocycles. The van der Waals surface area contributed by atoms with Gasteiger partial charge in [0.25, 0.3) is 5.56 Å². The summed E-state index contributed by atoms with van der Waals surface area (Å²) in [7, 11) is -4.21. The number of aryl methyl sites for hydroxylation is 1. The fourth-order valence-electron chi connectivity index (χ4n) is 2.77. The van der Waals surface area contributed by atoms with E-state index in [4.69, 9.17) is 45.2 Å². The quantitative estimate of drug-likeness (QED) is 0.163. The van der Waals surface area contributed by atoms with Gasteiger partial charge in [-0.15, -0.1) is 0 Å². The molecule has 0 aliphatic rings. The molecule has 7 N–H and O–H groups in total. The molecule has 0 bridgehead atoms. The second-order valence-electron chi connectivity index (χ2n) is 6.66. The minimum absolute atomic E-state index is 0.0146. The van der Waals surface area contributed by atoms with Gasteiger partial charge in [0.15, 0.2) is 14.7 Å². The molecule has 0 saturated carbocycles. The SMILES string of the molecule is Cc1cc(N)c(S(=O)(=O)Cc2cc(Cl)ccc2Cl)c(=O)n1CC(=O)NCCON=C(N)N. The average Bonchev–Trinajstić information content (AvgIpc) is 2.66. The van der Waals surface area contributed by atoms with Gasteiger partial charge in [-0.05, 0) is 41.9 Å². The topological polar surface area (TPSA) is 185 Å². The number of hydrogen-bond donors (Lipinski definition) is 4. The smallest absolute Gasteiger partial charge is 0.272 e. The maximum absolute atomic E-state index is 13.0. The van der Waals surface area contributed by atoms with Crippen molar-refractivity contribution in [3.05, 3.63) is 55.9 Å². The maximum atomic E-state index is 13.0. The third kappa shape index (κ3) is 6.52. The number of guanidine groups is 1. The van der Waals surface area contributed by atoms with E-state index in [-0.39, 0.29) is 40.4 Å². The number of aromatic nitrogens is 1. The van der Waals surface area contributed by atoms with Crippen molar-refractivity contribution in [2.24, 2.45) is 16.6 Å². The first-order valence-electron chi connectivity index (χ1n) is 9.06. The van der Waals surface area contributed by atoms with Gasteiger partial charge in [-0.25, -0.2) is 8.42 Å². The number of rotatable bonds is 9. The Hall–Kier alpha value is -2.96. The van der Waals surface area contributed by atoms with Gasteiger partial charge in [0.2, 0.25) is 11.9 Å². The third-order valence-electron chi connectivity index (χ3n) is 4.14. The number of oxime groups is 1. The molecule has 0 aliphatic heterocycles. The number of carbonyl (C=O) groups is 1. The van der Waals surface area contributed by atoms with Crippen LogP contribution in [-0.2, 0) is 31.8 Å². The van der Waals surface area contributed by atoms with Crippen LogP contribution >= 0.6 is 23.2 Å². The van der Waals surface area contributed by atoms with Crippen molar-refractivity contribution in [2.45, 2.75) is 24.1 Å². The normalized spacial score (nSPS) is 11.1. The van der Waals surface area contributed by atoms with Crippen LogP contribution in [0.15, 0.2) is 39.1 Å². The standard InChI is InChI=1S/C18H22Cl2N6O5S/c1-10-6-14(21)16(32(29,30)9-11-7-12(19)2-3-13(11)20)17(28)26(10)8-15(27)24-4-5-31-25-18(22)23/h2-3,6-7H,4-5,8-9,21H2,1H3,(H,24,27)(H4,22,23,25). The van der Waals surface area contributed by atoms with E-state index >= 15 is 0 Å². The van der Waals surface area contributed by atoms with Crippen LogP contribution in [0.4, 0.5) is 5.69 Å². The predicted molar refractivity (Wildman–Crippen MR) is 122 cm³/mol. The lowest BCUT2D eigenvalue weighted by molar-refractivity contribution is -0.122. The summed E-state index contributed by atoms with van der Waals surface area (Å²) in [6, 6.07) is 5.66. The highest BCUT2D eigenvalue weighted by molar-refractivity contribution is 7.90. The van der Waals surface area contributed by atoms with Gasteiger partial charge in [0.1, 0.15) is 13.2 Å². The Morgan fingerprint density at radius 1 is 1.25 bits per heavy atom. The summed E-state index contributed by atoms with van der Waals surface area (Å²) in [4.78, 5) is 29.3. The molecule has 1 heterocycles. The van der Waals surface area contributed by atoms with Crippen LogP contribution < -0.4 is 28.1 Å². The first kappa shape index (κ1) is 25.3. The molecular weight excluding hydrogens is 483 g/mol. The van der Waals surface area contributed by atoms with E-state index < -0.39 is 38.5 Å². The molecule has 0 radical (unpaired) electrons. The fourth-order valence-corrected chi connectivity index (χ4v) is 4.82. The molecule has 14 heteroatoms. The van der Waals surface area contributed by atoms with Crippen LogP contribution in [-0.4, -0.2) is 38.0 Å². The zero-order valence-electron chi connectivity index (χ0n) is 17.0. The number of nitrogens with two attached hydrogens (primary N) is 3. The predicted octanol–water partition coefficient (Wildman–Crippen LogP) is 0.341. The minimum Gasteiger partial charge on any atom is -0.397 e. The summed E-state index contributed by atoms with van der Waals surface area (Å²) in [5.74, 6) is -1.42. The summed E-state index contributed by atoms with van der Waals surface area (Å²) in [6.45, 7) is 1.13. The van der Waals surface area contributed by atoms with Gasteiger partial charge in [-0.3, -0.25) is 9.59 Å². The number of sulfone groups is 1. The highest BCUT2D eigenvalue weighted by Crippen LogP contribution is 2.26. The lowest BCUT2D eigenvalue weighted by atomic mass is 10.2. The molecule has 2 aromatic rings. The molecular formula is C18H22Cl2N6O5S. The van der Waals surface area contributed by atoms with Gasteiger partial charge in [0, 0.05) is 15.7 Å². The van der Waals surface area contributed by atoms with Gasteiger partial charge in [-0.2, -0.15) is 0 Å². The Kier molecular flexibility index (Phi) is 8.36. The molecule has 0 unspecified atom stereocenters. The second-order valence-corrected chi connectivity index (χ2v) is 9.43. The van der Waals surface area contributed by atoms with E-state index in [1.165, 1.54) is 31.2 Å². The van der Waals surface area contributed by atoms with Crippen LogP contribution in [0.1, 0.15) is 11.3 Å². The fraction of sp³-hybridized carbons (Fsp3) is 0.278. The van der Waals surface area contributed by atoms with Crippen LogP contribution in [0.2, 0.25) is 10.0 Å². The number of hydrogen-bond acceptors (Lipinski definition) is 7. The summed E-state index contributed by atoms with van der Waals surface area (Å²) < 4.78 is 27.0. The van der Waals surface area contributed by atoms with Crippen molar-refractivity contribution < 1.29 is 18.0 Å². The van der Waals surface area contributed by atoms with Crippen molar-refractivity contribution in [3.63, 3.8) is 0 Å². The number of carbonyl (C=O) groups excluding carboxylic acids is 1. The van der Waals surface area contributed by atoms with Gasteiger partial charge < -0.3 is 31.9 Å². The van der Waals surface area contributed by atoms with Crippen molar-refractivity contribution in [3.8, 4) is 0 Å². The molecule has 0 saturated heterocycles. The highest BCUT2D eigenvalue weighted by Gasteiger charge is 2.26. The third-order valence-corrected chi connectivity index (χ3v) is 6.47. The summed E-state index contributed by atoms with van der Waals surface area (Å²) in [6.07, 6.45) is 0. The molecule has 0 spiro atoms. The highest BCUT2D eigenvalue weighted by atomic mass is 35.5. The van der Waals surface area contributed by atoms with Gasteiger partial charge in [0.05, 0.1) is 18.0 Å². The lowest BCUT2D eigenvalue weighted by Gasteiger charge is -2.15. The Morgan fingerprint density at radius 3 is 2.59 bits per heavy atom. The monoisotopic (exact) mass is 504 g/mol. The number of nitrogen functional groups attached to an aromatic ring is 1.